The first kappa shape index (κ1) is 94.8. The van der Waals surface area contributed by atoms with E-state index in [0.717, 1.165) is 109 Å². The fraction of sp³-hybridized carbons (Fsp3) is 0.823. The molecule has 2 unspecified atom stereocenters. The van der Waals surface area contributed by atoms with Crippen molar-refractivity contribution in [3.05, 3.63) is 60.8 Å². The second-order valence-corrected chi connectivity index (χ2v) is 29.6. The summed E-state index contributed by atoms with van der Waals surface area (Å²) >= 11 is 0. The van der Waals surface area contributed by atoms with E-state index in [1.807, 2.05) is 12.2 Å². The average molecular weight is 1430 g/mol. The summed E-state index contributed by atoms with van der Waals surface area (Å²) in [4.78, 5) is 72.9. The molecule has 0 saturated heterocycles. The zero-order chi connectivity index (χ0) is 71.8. The Hall–Kier alpha value is -3.24. The summed E-state index contributed by atoms with van der Waals surface area (Å²) in [6.07, 6.45) is 70.6. The zero-order valence-corrected chi connectivity index (χ0v) is 64.3. The van der Waals surface area contributed by atoms with Gasteiger partial charge in [0, 0.05) is 25.7 Å². The van der Waals surface area contributed by atoms with Gasteiger partial charge in [0.1, 0.15) is 19.3 Å². The highest BCUT2D eigenvalue weighted by Crippen LogP contribution is 2.45. The Morgan fingerprint density at radius 3 is 0.837 bits per heavy atom. The van der Waals surface area contributed by atoms with Gasteiger partial charge in [0.15, 0.2) is 12.2 Å². The molecule has 0 rings (SSSR count). The number of ether oxygens (including phenoxy) is 4. The Morgan fingerprint density at radius 2 is 0.510 bits per heavy atom. The van der Waals surface area contributed by atoms with Crippen LogP contribution < -0.4 is 0 Å². The predicted molar refractivity (Wildman–Crippen MR) is 400 cm³/mol. The molecular formula is C79H144O17P2. The number of phosphoric ester groups is 2. The molecule has 0 spiro atoms. The lowest BCUT2D eigenvalue weighted by molar-refractivity contribution is -0.161. The number of hydrogen-bond acceptors (Lipinski definition) is 15. The van der Waals surface area contributed by atoms with Crippen LogP contribution in [0.1, 0.15) is 362 Å². The van der Waals surface area contributed by atoms with Gasteiger partial charge in [-0.1, -0.05) is 307 Å². The summed E-state index contributed by atoms with van der Waals surface area (Å²) < 4.78 is 68.5. The number of carbonyl (C=O) groups is 4. The van der Waals surface area contributed by atoms with Gasteiger partial charge in [-0.15, -0.1) is 0 Å². The van der Waals surface area contributed by atoms with Crippen LogP contribution in [0.2, 0.25) is 0 Å². The Bertz CT molecular complexity index is 2100. The predicted octanol–water partition coefficient (Wildman–Crippen LogP) is 22.7. The number of aliphatic hydroxyl groups is 1. The van der Waals surface area contributed by atoms with Crippen LogP contribution in [-0.2, 0) is 65.4 Å². The van der Waals surface area contributed by atoms with Crippen LogP contribution in [0.5, 0.6) is 0 Å². The fourth-order valence-corrected chi connectivity index (χ4v) is 12.5. The van der Waals surface area contributed by atoms with Crippen LogP contribution in [-0.4, -0.2) is 96.7 Å². The molecule has 0 aromatic rings. The molecule has 0 aromatic heterocycles. The van der Waals surface area contributed by atoms with Gasteiger partial charge in [0.05, 0.1) is 26.4 Å². The van der Waals surface area contributed by atoms with Crippen molar-refractivity contribution in [3.63, 3.8) is 0 Å². The SMILES string of the molecule is CCCCC/C=C\C/C=C\C/C=C\C/C=C\CCCC(=O)OC[C@H](COP(=O)(O)OC[C@@H](O)COP(=O)(O)OC[C@@H](COC(=O)CCCCCCCCCCCCCCC)OC(=O)CCCCCCC/C=C\CCCCCCCC)OC(=O)CCCCCCCCCCCCCCC. The number of unbranched alkanes of at least 4 members (excludes halogenated alkanes) is 39. The molecule has 0 amide bonds. The molecule has 0 aliphatic heterocycles. The average Bonchev–Trinajstić information content (AvgIpc) is 0.962. The molecular weight excluding hydrogens is 1280 g/mol. The van der Waals surface area contributed by atoms with Crippen molar-refractivity contribution in [1.82, 2.24) is 0 Å². The van der Waals surface area contributed by atoms with Crippen LogP contribution in [0.3, 0.4) is 0 Å². The van der Waals surface area contributed by atoms with Crippen molar-refractivity contribution >= 4 is 39.5 Å². The zero-order valence-electron chi connectivity index (χ0n) is 62.5. The van der Waals surface area contributed by atoms with Crippen molar-refractivity contribution in [3.8, 4) is 0 Å². The summed E-state index contributed by atoms with van der Waals surface area (Å²) in [5.41, 5.74) is 0. The van der Waals surface area contributed by atoms with Crippen LogP contribution in [0, 0.1) is 0 Å². The van der Waals surface area contributed by atoms with Crippen molar-refractivity contribution in [2.24, 2.45) is 0 Å². The smallest absolute Gasteiger partial charge is 0.462 e. The molecule has 0 radical (unpaired) electrons. The third kappa shape index (κ3) is 71.2. The number of hydrogen-bond donors (Lipinski definition) is 3. The molecule has 98 heavy (non-hydrogen) atoms. The van der Waals surface area contributed by atoms with E-state index in [1.54, 1.807) is 0 Å². The topological polar surface area (TPSA) is 237 Å². The molecule has 3 N–H and O–H groups in total. The number of esters is 4. The highest BCUT2D eigenvalue weighted by atomic mass is 31.2. The Balaban J connectivity index is 5.36. The lowest BCUT2D eigenvalue weighted by Gasteiger charge is -2.21. The summed E-state index contributed by atoms with van der Waals surface area (Å²) in [5, 5.41) is 10.6. The van der Waals surface area contributed by atoms with E-state index >= 15 is 0 Å². The summed E-state index contributed by atoms with van der Waals surface area (Å²) in [6, 6.07) is 0. The molecule has 0 saturated carbocycles. The van der Waals surface area contributed by atoms with E-state index in [-0.39, 0.29) is 25.7 Å². The van der Waals surface area contributed by atoms with Crippen molar-refractivity contribution in [2.75, 3.05) is 39.6 Å². The maximum atomic E-state index is 13.1. The molecule has 19 heteroatoms. The van der Waals surface area contributed by atoms with Gasteiger partial charge in [-0.3, -0.25) is 37.3 Å². The molecule has 0 bridgehead atoms. The standard InChI is InChI=1S/C79H144O17P2/c1-5-9-13-17-21-25-29-33-35-36-38-41-44-48-52-56-60-64-77(82)90-70-74(95-78(83)65-61-57-53-49-45-40-32-28-24-20-16-12-8-4)71-93-97(85,86)91-67-73(80)68-92-98(87,88)94-72-75(69-89-76(81)63-59-55-51-47-43-39-31-27-23-19-15-11-7-3)96-79(84)66-62-58-54-50-46-42-37-34-30-26-22-18-14-10-6-2/h21,25,33-35,37-38,41,48,52,73-75,80H,5-20,22-24,26-32,36,39-40,42-47,49-51,53-72H2,1-4H3,(H,85,86)(H,87,88)/b25-21-,35-33-,37-34-,41-38-,52-48-/t73-,74-,75-/m1/s1. The number of allylic oxidation sites excluding steroid dienone is 10. The highest BCUT2D eigenvalue weighted by molar-refractivity contribution is 7.47. The summed E-state index contributed by atoms with van der Waals surface area (Å²) in [5.74, 6) is -2.21. The van der Waals surface area contributed by atoms with Crippen LogP contribution >= 0.6 is 15.6 Å². The Labute approximate surface area is 597 Å². The molecule has 0 aromatic carbocycles. The largest absolute Gasteiger partial charge is 0.472 e. The van der Waals surface area contributed by atoms with Crippen molar-refractivity contribution < 1.29 is 80.2 Å². The Morgan fingerprint density at radius 1 is 0.286 bits per heavy atom. The third-order valence-corrected chi connectivity index (χ3v) is 18.9. The lowest BCUT2D eigenvalue weighted by atomic mass is 10.0. The van der Waals surface area contributed by atoms with Crippen LogP contribution in [0.4, 0.5) is 0 Å². The first-order chi connectivity index (χ1) is 47.7. The Kier molecular flexibility index (Phi) is 69.7. The first-order valence-electron chi connectivity index (χ1n) is 39.5. The molecule has 5 atom stereocenters. The van der Waals surface area contributed by atoms with E-state index in [9.17, 15) is 43.2 Å². The van der Waals surface area contributed by atoms with Gasteiger partial charge < -0.3 is 33.8 Å². The molecule has 0 fully saturated rings. The number of aliphatic hydroxyl groups excluding tert-OH is 1. The highest BCUT2D eigenvalue weighted by Gasteiger charge is 2.30. The maximum absolute atomic E-state index is 13.1. The quantitative estimate of drug-likeness (QED) is 0.0169. The second kappa shape index (κ2) is 72.1. The number of carbonyl (C=O) groups excluding carboxylic acids is 4. The molecule has 17 nitrogen and oxygen atoms in total. The van der Waals surface area contributed by atoms with Gasteiger partial charge in [0.2, 0.25) is 0 Å². The van der Waals surface area contributed by atoms with E-state index in [2.05, 4.69) is 76.3 Å². The van der Waals surface area contributed by atoms with Gasteiger partial charge in [0.25, 0.3) is 0 Å². The third-order valence-electron chi connectivity index (χ3n) is 17.0. The van der Waals surface area contributed by atoms with Crippen molar-refractivity contribution in [2.45, 2.75) is 380 Å². The van der Waals surface area contributed by atoms with Gasteiger partial charge in [-0.2, -0.15) is 0 Å². The fourth-order valence-electron chi connectivity index (χ4n) is 10.9. The van der Waals surface area contributed by atoms with E-state index < -0.39 is 97.5 Å². The minimum atomic E-state index is -4.98. The molecule has 0 aliphatic carbocycles. The van der Waals surface area contributed by atoms with Crippen LogP contribution in [0.25, 0.3) is 0 Å². The van der Waals surface area contributed by atoms with Crippen LogP contribution in [0.15, 0.2) is 60.8 Å². The minimum absolute atomic E-state index is 0.0894. The van der Waals surface area contributed by atoms with E-state index in [1.165, 1.54) is 167 Å². The monoisotopic (exact) mass is 1430 g/mol. The van der Waals surface area contributed by atoms with Gasteiger partial charge >= 0.3 is 39.5 Å². The van der Waals surface area contributed by atoms with Crippen molar-refractivity contribution in [1.29, 1.82) is 0 Å². The number of rotatable bonds is 75. The normalized spacial score (nSPS) is 14.2. The number of phosphoric acid groups is 2. The maximum Gasteiger partial charge on any atom is 0.472 e. The lowest BCUT2D eigenvalue weighted by Crippen LogP contribution is -2.30. The first-order valence-corrected chi connectivity index (χ1v) is 42.5. The van der Waals surface area contributed by atoms with Gasteiger partial charge in [-0.25, -0.2) is 9.13 Å². The summed E-state index contributed by atoms with van der Waals surface area (Å²) in [6.45, 7) is 4.84. The molecule has 572 valence electrons. The summed E-state index contributed by atoms with van der Waals surface area (Å²) in [7, 11) is -9.95. The molecule has 0 aliphatic rings. The van der Waals surface area contributed by atoms with Gasteiger partial charge in [-0.05, 0) is 89.9 Å². The minimum Gasteiger partial charge on any atom is -0.462 e. The molecule has 0 heterocycles. The van der Waals surface area contributed by atoms with E-state index in [4.69, 9.17) is 37.0 Å². The van der Waals surface area contributed by atoms with E-state index in [0.29, 0.717) is 32.1 Å². The second-order valence-electron chi connectivity index (χ2n) is 26.7.